The second-order valence-corrected chi connectivity index (χ2v) is 12.7. The maximum Gasteiger partial charge on any atom is 0.307 e. The van der Waals surface area contributed by atoms with E-state index in [4.69, 9.17) is 9.40 Å². The number of nitrogens with zero attached hydrogens (tertiary/aromatic N) is 3. The molecule has 0 aliphatic carbocycles. The van der Waals surface area contributed by atoms with Crippen LogP contribution in [0.3, 0.4) is 0 Å². The van der Waals surface area contributed by atoms with E-state index < -0.39 is 0 Å². The van der Waals surface area contributed by atoms with Crippen LogP contribution in [0.1, 0.15) is 0 Å². The number of rotatable bonds is 4. The first kappa shape index (κ1) is 25.4. The minimum atomic E-state index is 0.536. The third-order valence-electron chi connectivity index (χ3n) is 9.01. The number of hydrogen-bond donors (Lipinski definition) is 0. The maximum atomic E-state index is 6.62. The summed E-state index contributed by atoms with van der Waals surface area (Å²) in [5.41, 5.74) is 7.02. The summed E-state index contributed by atoms with van der Waals surface area (Å²) in [6.45, 7) is 0. The fraction of sp³-hybridized carbons (Fsp3) is 0. The first-order valence-corrected chi connectivity index (χ1v) is 16.2. The molecule has 46 heavy (non-hydrogen) atoms. The SMILES string of the molecule is c1ccc(-n2c3ccccc3c3ccc(N(c4ccc5c(c4)sc4ccccc45)c4nc5c(ccc6ccccc65)o4)cc32)cc1. The predicted molar refractivity (Wildman–Crippen MR) is 193 cm³/mol. The molecule has 0 bridgehead atoms. The molecule has 216 valence electrons. The predicted octanol–water partition coefficient (Wildman–Crippen LogP) is 11.9. The molecule has 0 saturated heterocycles. The summed E-state index contributed by atoms with van der Waals surface area (Å²) < 4.78 is 11.5. The highest BCUT2D eigenvalue weighted by atomic mass is 32.1. The molecule has 7 aromatic carbocycles. The van der Waals surface area contributed by atoms with Crippen LogP contribution in [0.25, 0.3) is 69.5 Å². The van der Waals surface area contributed by atoms with E-state index >= 15 is 0 Å². The lowest BCUT2D eigenvalue weighted by molar-refractivity contribution is 0.608. The van der Waals surface area contributed by atoms with E-state index in [0.29, 0.717) is 6.01 Å². The van der Waals surface area contributed by atoms with E-state index in [1.807, 2.05) is 17.4 Å². The van der Waals surface area contributed by atoms with Gasteiger partial charge in [-0.05, 0) is 60.0 Å². The molecule has 0 aliphatic heterocycles. The van der Waals surface area contributed by atoms with Crippen LogP contribution in [0.2, 0.25) is 0 Å². The number of anilines is 3. The Morgan fingerprint density at radius 1 is 0.522 bits per heavy atom. The minimum Gasteiger partial charge on any atom is -0.423 e. The Kier molecular flexibility index (Phi) is 5.41. The molecule has 0 N–H and O–H groups in total. The number of aromatic nitrogens is 2. The van der Waals surface area contributed by atoms with Crippen LogP contribution in [0.5, 0.6) is 0 Å². The van der Waals surface area contributed by atoms with Gasteiger partial charge in [0.05, 0.1) is 22.4 Å². The van der Waals surface area contributed by atoms with Crippen LogP contribution in [0, 0.1) is 0 Å². The third kappa shape index (κ3) is 3.76. The largest absolute Gasteiger partial charge is 0.423 e. The standard InChI is InChI=1S/C41H25N3OS/c1-2-11-27(12-3-1)44-35-16-8-6-14-31(35)32-21-19-28(24-36(32)44)43(29-20-22-34-33-15-7-9-17-38(33)46-39(34)25-29)41-42-40-30-13-5-4-10-26(30)18-23-37(40)45-41/h1-25H. The molecule has 5 heteroatoms. The van der Waals surface area contributed by atoms with Crippen molar-refractivity contribution in [3.63, 3.8) is 0 Å². The molecular weight excluding hydrogens is 583 g/mol. The Labute approximate surface area is 268 Å². The van der Waals surface area contributed by atoms with Crippen LogP contribution in [-0.4, -0.2) is 9.55 Å². The lowest BCUT2D eigenvalue weighted by Crippen LogP contribution is -2.10. The Morgan fingerprint density at radius 2 is 1.20 bits per heavy atom. The number of hydrogen-bond acceptors (Lipinski definition) is 4. The van der Waals surface area contributed by atoms with E-state index in [-0.39, 0.29) is 0 Å². The molecule has 10 rings (SSSR count). The fourth-order valence-electron chi connectivity index (χ4n) is 6.92. The van der Waals surface area contributed by atoms with Gasteiger partial charge in [-0.15, -0.1) is 11.3 Å². The molecule has 4 nitrogen and oxygen atoms in total. The molecule has 0 unspecified atom stereocenters. The van der Waals surface area contributed by atoms with Gasteiger partial charge in [-0.25, -0.2) is 0 Å². The maximum absolute atomic E-state index is 6.62. The molecule has 0 fully saturated rings. The van der Waals surface area contributed by atoms with Gasteiger partial charge in [0.1, 0.15) is 5.52 Å². The molecule has 0 spiro atoms. The van der Waals surface area contributed by atoms with Crippen LogP contribution in [-0.2, 0) is 0 Å². The van der Waals surface area contributed by atoms with Crippen LogP contribution in [0.4, 0.5) is 17.4 Å². The number of benzene rings is 7. The van der Waals surface area contributed by atoms with Crippen molar-refractivity contribution in [1.29, 1.82) is 0 Å². The van der Waals surface area contributed by atoms with Crippen molar-refractivity contribution in [2.45, 2.75) is 0 Å². The molecule has 10 aromatic rings. The Balaban J connectivity index is 1.25. The van der Waals surface area contributed by atoms with Crippen molar-refractivity contribution in [3.8, 4) is 5.69 Å². The van der Waals surface area contributed by atoms with Crippen LogP contribution >= 0.6 is 11.3 Å². The van der Waals surface area contributed by atoms with Crippen molar-refractivity contribution in [2.24, 2.45) is 0 Å². The Morgan fingerprint density at radius 3 is 2.09 bits per heavy atom. The average Bonchev–Trinajstić information content (AvgIpc) is 3.80. The van der Waals surface area contributed by atoms with Gasteiger partial charge in [0, 0.05) is 42.0 Å². The van der Waals surface area contributed by atoms with Crippen molar-refractivity contribution in [2.75, 3.05) is 4.90 Å². The Hall–Kier alpha value is -5.91. The lowest BCUT2D eigenvalue weighted by Gasteiger charge is -2.21. The first-order chi connectivity index (χ1) is 22.8. The quantitative estimate of drug-likeness (QED) is 0.200. The van der Waals surface area contributed by atoms with Gasteiger partial charge >= 0.3 is 6.01 Å². The summed E-state index contributed by atoms with van der Waals surface area (Å²) in [6, 6.07) is 54.2. The van der Waals surface area contributed by atoms with Gasteiger partial charge in [0.15, 0.2) is 5.58 Å². The number of thiophene rings is 1. The molecule has 0 aliphatic rings. The first-order valence-electron chi connectivity index (χ1n) is 15.4. The second kappa shape index (κ2) is 9.80. The highest BCUT2D eigenvalue weighted by Crippen LogP contribution is 2.43. The molecule has 0 amide bonds. The molecular formula is C41H25N3OS. The summed E-state index contributed by atoms with van der Waals surface area (Å²) in [6.07, 6.45) is 0. The van der Waals surface area contributed by atoms with Crippen LogP contribution in [0.15, 0.2) is 156 Å². The summed E-state index contributed by atoms with van der Waals surface area (Å²) in [7, 11) is 0. The lowest BCUT2D eigenvalue weighted by atomic mass is 10.1. The molecule has 3 heterocycles. The average molecular weight is 608 g/mol. The monoisotopic (exact) mass is 607 g/mol. The van der Waals surface area contributed by atoms with Gasteiger partial charge in [-0.1, -0.05) is 97.1 Å². The van der Waals surface area contributed by atoms with Gasteiger partial charge in [-0.3, -0.25) is 4.90 Å². The normalized spacial score (nSPS) is 11.9. The summed E-state index contributed by atoms with van der Waals surface area (Å²) >= 11 is 1.81. The molecule has 0 saturated carbocycles. The highest BCUT2D eigenvalue weighted by molar-refractivity contribution is 7.25. The van der Waals surface area contributed by atoms with E-state index in [2.05, 4.69) is 155 Å². The number of para-hydroxylation sites is 2. The van der Waals surface area contributed by atoms with E-state index in [1.165, 1.54) is 36.5 Å². The minimum absolute atomic E-state index is 0.536. The molecule has 0 atom stereocenters. The summed E-state index contributed by atoms with van der Waals surface area (Å²) in [5, 5.41) is 7.18. The van der Waals surface area contributed by atoms with Gasteiger partial charge in [-0.2, -0.15) is 4.98 Å². The van der Waals surface area contributed by atoms with Crippen molar-refractivity contribution in [1.82, 2.24) is 9.55 Å². The number of oxazole rings is 1. The second-order valence-electron chi connectivity index (χ2n) is 11.6. The molecule has 3 aromatic heterocycles. The fourth-order valence-corrected chi connectivity index (χ4v) is 8.06. The van der Waals surface area contributed by atoms with E-state index in [1.54, 1.807) is 0 Å². The molecule has 0 radical (unpaired) electrons. The summed E-state index contributed by atoms with van der Waals surface area (Å²) in [4.78, 5) is 7.33. The van der Waals surface area contributed by atoms with Crippen molar-refractivity contribution in [3.05, 3.63) is 152 Å². The van der Waals surface area contributed by atoms with E-state index in [9.17, 15) is 0 Å². The zero-order valence-electron chi connectivity index (χ0n) is 24.6. The van der Waals surface area contributed by atoms with Crippen LogP contribution < -0.4 is 4.90 Å². The zero-order chi connectivity index (χ0) is 30.2. The number of fused-ring (bicyclic) bond motifs is 9. The van der Waals surface area contributed by atoms with Crippen molar-refractivity contribution >= 4 is 92.6 Å². The zero-order valence-corrected chi connectivity index (χ0v) is 25.4. The third-order valence-corrected chi connectivity index (χ3v) is 10.1. The van der Waals surface area contributed by atoms with Gasteiger partial charge in [0.2, 0.25) is 0 Å². The smallest absolute Gasteiger partial charge is 0.307 e. The topological polar surface area (TPSA) is 34.2 Å². The Bertz CT molecular complexity index is 2770. The van der Waals surface area contributed by atoms with Gasteiger partial charge in [0.25, 0.3) is 0 Å². The van der Waals surface area contributed by atoms with Crippen molar-refractivity contribution < 1.29 is 4.42 Å². The van der Waals surface area contributed by atoms with Gasteiger partial charge < -0.3 is 8.98 Å². The summed E-state index contributed by atoms with van der Waals surface area (Å²) in [5.74, 6) is 0. The van der Waals surface area contributed by atoms with E-state index in [0.717, 1.165) is 44.5 Å². The highest BCUT2D eigenvalue weighted by Gasteiger charge is 2.23.